The highest BCUT2D eigenvalue weighted by atomic mass is 32.2. The number of para-hydroxylation sites is 1. The summed E-state index contributed by atoms with van der Waals surface area (Å²) in [4.78, 5) is 16.7. The van der Waals surface area contributed by atoms with Crippen molar-refractivity contribution in [2.24, 2.45) is 5.14 Å². The number of nitrogens with zero attached hydrogens (tertiary/aromatic N) is 1. The van der Waals surface area contributed by atoms with Crippen molar-refractivity contribution in [2.75, 3.05) is 0 Å². The lowest BCUT2D eigenvalue weighted by molar-refractivity contribution is 0.107. The Morgan fingerprint density at radius 1 is 1.25 bits per heavy atom. The minimum absolute atomic E-state index is 0.164. The van der Waals surface area contributed by atoms with Crippen LogP contribution in [-0.2, 0) is 16.4 Å². The van der Waals surface area contributed by atoms with Crippen molar-refractivity contribution in [1.82, 2.24) is 4.98 Å². The molecule has 0 unspecified atom stereocenters. The van der Waals surface area contributed by atoms with Gasteiger partial charge < -0.3 is 0 Å². The zero-order valence-corrected chi connectivity index (χ0v) is 11.4. The number of nitrogens with two attached hydrogens (primary N) is 1. The van der Waals surface area contributed by atoms with Gasteiger partial charge in [0, 0.05) is 5.39 Å². The molecular formula is C14H12N2O3S. The number of fused-ring (bicyclic) bond motifs is 2. The summed E-state index contributed by atoms with van der Waals surface area (Å²) in [6, 6.07) is 6.98. The number of benzene rings is 1. The quantitative estimate of drug-likeness (QED) is 0.863. The van der Waals surface area contributed by atoms with E-state index >= 15 is 0 Å². The van der Waals surface area contributed by atoms with Gasteiger partial charge in [0.05, 0.1) is 16.8 Å². The molecule has 0 bridgehead atoms. The van der Waals surface area contributed by atoms with Crippen molar-refractivity contribution in [1.29, 1.82) is 0 Å². The summed E-state index contributed by atoms with van der Waals surface area (Å²) in [5.74, 6) is 0. The number of carbonyl (C=O) groups is 1. The van der Waals surface area contributed by atoms with Crippen LogP contribution in [0.3, 0.4) is 0 Å². The van der Waals surface area contributed by atoms with Gasteiger partial charge in [0.2, 0.25) is 0 Å². The lowest BCUT2D eigenvalue weighted by atomic mass is 9.94. The molecule has 1 heterocycles. The highest BCUT2D eigenvalue weighted by Crippen LogP contribution is 2.29. The van der Waals surface area contributed by atoms with Gasteiger partial charge >= 0.3 is 0 Å². The summed E-state index contributed by atoms with van der Waals surface area (Å²) in [5.41, 5.74) is 2.05. The number of sulfonamides is 1. The molecule has 20 heavy (non-hydrogen) atoms. The molecule has 5 nitrogen and oxygen atoms in total. The lowest BCUT2D eigenvalue weighted by Crippen LogP contribution is -2.25. The van der Waals surface area contributed by atoms with Crippen LogP contribution in [0.2, 0.25) is 0 Å². The molecule has 2 N–H and O–H groups in total. The van der Waals surface area contributed by atoms with Gasteiger partial charge in [0.1, 0.15) is 0 Å². The first kappa shape index (κ1) is 13.0. The lowest BCUT2D eigenvalue weighted by Gasteiger charge is -2.16. The number of hydrogen-bond donors (Lipinski definition) is 1. The van der Waals surface area contributed by atoms with Crippen molar-refractivity contribution in [2.45, 2.75) is 12.8 Å². The number of pyridine rings is 1. The van der Waals surface area contributed by atoms with Crippen LogP contribution >= 0.6 is 0 Å². The Morgan fingerprint density at radius 3 is 2.75 bits per heavy atom. The number of carbonyl (C=O) groups excluding carboxylic acids is 1. The third-order valence-corrected chi connectivity index (χ3v) is 4.05. The van der Waals surface area contributed by atoms with E-state index in [0.717, 1.165) is 6.42 Å². The molecule has 0 spiro atoms. The second-order valence-electron chi connectivity index (χ2n) is 4.64. The molecule has 0 saturated carbocycles. The van der Waals surface area contributed by atoms with E-state index in [1.54, 1.807) is 24.3 Å². The fourth-order valence-electron chi connectivity index (χ4n) is 2.46. The van der Waals surface area contributed by atoms with Crippen LogP contribution in [0, 0.1) is 0 Å². The molecule has 2 aromatic rings. The van der Waals surface area contributed by atoms with Gasteiger partial charge in [-0.1, -0.05) is 24.3 Å². The molecule has 1 aromatic carbocycles. The molecule has 0 aliphatic heterocycles. The van der Waals surface area contributed by atoms with Crippen LogP contribution < -0.4 is 5.14 Å². The standard InChI is InChI=1S/C14H12N2O3S/c15-20(18,19)14(17)13-9-5-1-3-7-11(9)16-12-8-4-2-6-10(12)13/h1,3-5,7-8H,2,6H2,(H2,15,18,19). The topological polar surface area (TPSA) is 90.1 Å². The van der Waals surface area contributed by atoms with Crippen LogP contribution in [0.4, 0.5) is 0 Å². The van der Waals surface area contributed by atoms with Crippen LogP contribution in [0.1, 0.15) is 28.0 Å². The van der Waals surface area contributed by atoms with E-state index in [0.29, 0.717) is 28.6 Å². The minimum Gasteiger partial charge on any atom is -0.274 e. The first-order chi connectivity index (χ1) is 9.48. The Bertz CT molecular complexity index is 854. The zero-order valence-electron chi connectivity index (χ0n) is 10.5. The smallest absolute Gasteiger partial charge is 0.274 e. The first-order valence-electron chi connectivity index (χ1n) is 6.14. The number of aromatic nitrogens is 1. The highest BCUT2D eigenvalue weighted by molar-refractivity contribution is 8.04. The number of rotatable bonds is 1. The van der Waals surface area contributed by atoms with Crippen LogP contribution in [0.15, 0.2) is 30.3 Å². The van der Waals surface area contributed by atoms with Crippen molar-refractivity contribution in [3.05, 3.63) is 47.2 Å². The van der Waals surface area contributed by atoms with Crippen molar-refractivity contribution < 1.29 is 13.2 Å². The summed E-state index contributed by atoms with van der Waals surface area (Å²) < 4.78 is 22.9. The summed E-state index contributed by atoms with van der Waals surface area (Å²) >= 11 is 0. The molecule has 0 saturated heterocycles. The normalized spacial score (nSPS) is 14.2. The van der Waals surface area contributed by atoms with Crippen molar-refractivity contribution >= 4 is 32.1 Å². The fourth-order valence-corrected chi connectivity index (χ4v) is 2.98. The minimum atomic E-state index is -4.27. The molecule has 1 aliphatic rings. The molecular weight excluding hydrogens is 276 g/mol. The molecule has 6 heteroatoms. The van der Waals surface area contributed by atoms with Crippen LogP contribution in [-0.4, -0.2) is 18.5 Å². The van der Waals surface area contributed by atoms with E-state index in [1.165, 1.54) is 0 Å². The van der Waals surface area contributed by atoms with Gasteiger partial charge in [-0.3, -0.25) is 4.79 Å². The average molecular weight is 288 g/mol. The molecule has 0 amide bonds. The zero-order chi connectivity index (χ0) is 14.3. The fraction of sp³-hybridized carbons (Fsp3) is 0.143. The number of primary sulfonamides is 1. The van der Waals surface area contributed by atoms with E-state index in [-0.39, 0.29) is 5.56 Å². The highest BCUT2D eigenvalue weighted by Gasteiger charge is 2.27. The second-order valence-corrected chi connectivity index (χ2v) is 6.10. The van der Waals surface area contributed by atoms with Gasteiger partial charge in [0.25, 0.3) is 15.1 Å². The maximum Gasteiger partial charge on any atom is 0.292 e. The van der Waals surface area contributed by atoms with Gasteiger partial charge in [0.15, 0.2) is 0 Å². The van der Waals surface area contributed by atoms with E-state index in [9.17, 15) is 13.2 Å². The third kappa shape index (κ3) is 2.03. The number of allylic oxidation sites excluding steroid dienone is 1. The summed E-state index contributed by atoms with van der Waals surface area (Å²) in [5, 5.41) is 4.51. The Labute approximate surface area is 116 Å². The molecule has 1 aliphatic carbocycles. The molecule has 0 fully saturated rings. The van der Waals surface area contributed by atoms with E-state index in [4.69, 9.17) is 5.14 Å². The van der Waals surface area contributed by atoms with Crippen LogP contribution in [0.5, 0.6) is 0 Å². The molecule has 102 valence electrons. The maximum atomic E-state index is 12.2. The SMILES string of the molecule is NS(=O)(=O)C(=O)c1c2c(nc3ccccc13)C=CCC2. The number of hydrogen-bond acceptors (Lipinski definition) is 4. The molecule has 0 radical (unpaired) electrons. The predicted octanol–water partition coefficient (Wildman–Crippen LogP) is 1.62. The summed E-state index contributed by atoms with van der Waals surface area (Å²) in [6.07, 6.45) is 5.10. The Morgan fingerprint density at radius 2 is 2.00 bits per heavy atom. The first-order valence-corrected chi connectivity index (χ1v) is 7.68. The summed E-state index contributed by atoms with van der Waals surface area (Å²) in [7, 11) is -4.27. The Kier molecular flexibility index (Phi) is 2.92. The van der Waals surface area contributed by atoms with E-state index < -0.39 is 15.1 Å². The monoisotopic (exact) mass is 288 g/mol. The predicted molar refractivity (Wildman–Crippen MR) is 76.5 cm³/mol. The average Bonchev–Trinajstić information content (AvgIpc) is 2.43. The van der Waals surface area contributed by atoms with E-state index in [2.05, 4.69) is 4.98 Å². The Balaban J connectivity index is 2.44. The summed E-state index contributed by atoms with van der Waals surface area (Å²) in [6.45, 7) is 0. The van der Waals surface area contributed by atoms with Gasteiger partial charge in [-0.15, -0.1) is 0 Å². The maximum absolute atomic E-state index is 12.2. The van der Waals surface area contributed by atoms with Gasteiger partial charge in [-0.05, 0) is 30.5 Å². The van der Waals surface area contributed by atoms with Crippen molar-refractivity contribution in [3.63, 3.8) is 0 Å². The van der Waals surface area contributed by atoms with E-state index in [1.807, 2.05) is 12.2 Å². The second kappa shape index (κ2) is 4.50. The largest absolute Gasteiger partial charge is 0.292 e. The molecule has 1 aromatic heterocycles. The van der Waals surface area contributed by atoms with Gasteiger partial charge in [-0.25, -0.2) is 18.5 Å². The van der Waals surface area contributed by atoms with Crippen LogP contribution in [0.25, 0.3) is 17.0 Å². The van der Waals surface area contributed by atoms with Gasteiger partial charge in [-0.2, -0.15) is 0 Å². The molecule has 0 atom stereocenters. The van der Waals surface area contributed by atoms with Crippen molar-refractivity contribution in [3.8, 4) is 0 Å². The Hall–Kier alpha value is -2.05. The third-order valence-electron chi connectivity index (χ3n) is 3.32. The molecule has 3 rings (SSSR count).